The zero-order valence-corrected chi connectivity index (χ0v) is 17.5. The lowest BCUT2D eigenvalue weighted by atomic mass is 10.1. The molecule has 0 unspecified atom stereocenters. The Balaban J connectivity index is 2.04. The van der Waals surface area contributed by atoms with E-state index in [-0.39, 0.29) is 10.6 Å². The fraction of sp³-hybridized carbons (Fsp3) is 0.111. The summed E-state index contributed by atoms with van der Waals surface area (Å²) in [6, 6.07) is 8.94. The van der Waals surface area contributed by atoms with Gasteiger partial charge < -0.3 is 4.74 Å². The van der Waals surface area contributed by atoms with Crippen LogP contribution in [-0.4, -0.2) is 33.3 Å². The maximum Gasteiger partial charge on any atom is 0.435 e. The molecule has 0 aromatic heterocycles. The number of halogens is 4. The van der Waals surface area contributed by atoms with Crippen molar-refractivity contribution in [2.75, 3.05) is 12.1 Å². The Morgan fingerprint density at radius 3 is 2.30 bits per heavy atom. The molecule has 0 spiro atoms. The van der Waals surface area contributed by atoms with Crippen LogP contribution < -0.4 is 14.9 Å². The number of alkyl halides is 3. The summed E-state index contributed by atoms with van der Waals surface area (Å²) >= 11 is 3.24. The van der Waals surface area contributed by atoms with Crippen molar-refractivity contribution in [3.63, 3.8) is 0 Å². The average Bonchev–Trinajstić information content (AvgIpc) is 2.98. The molecule has 2 aromatic rings. The number of hydrogen-bond acceptors (Lipinski definition) is 5. The number of hydrogen-bond donors (Lipinski definition) is 1. The lowest BCUT2D eigenvalue weighted by Gasteiger charge is -2.12. The van der Waals surface area contributed by atoms with E-state index in [9.17, 15) is 26.4 Å². The predicted octanol–water partition coefficient (Wildman–Crippen LogP) is 3.45. The lowest BCUT2D eigenvalue weighted by molar-refractivity contribution is -0.114. The van der Waals surface area contributed by atoms with Gasteiger partial charge in [0.05, 0.1) is 27.7 Å². The van der Waals surface area contributed by atoms with Crippen molar-refractivity contribution in [1.29, 1.82) is 0 Å². The number of rotatable bonds is 4. The second-order valence-corrected chi connectivity index (χ2v) is 8.47. The highest BCUT2D eigenvalue weighted by Gasteiger charge is 2.46. The number of benzene rings is 2. The Bertz CT molecular complexity index is 1180. The third-order valence-electron chi connectivity index (χ3n) is 4.04. The van der Waals surface area contributed by atoms with Gasteiger partial charge in [0, 0.05) is 0 Å². The van der Waals surface area contributed by atoms with Crippen molar-refractivity contribution in [3.05, 3.63) is 58.1 Å². The molecule has 1 aliphatic rings. The van der Waals surface area contributed by atoms with Crippen molar-refractivity contribution in [1.82, 2.24) is 0 Å². The number of anilines is 1. The summed E-state index contributed by atoms with van der Waals surface area (Å²) in [5.41, 5.74) is -1.76. The smallest absolute Gasteiger partial charge is 0.435 e. The van der Waals surface area contributed by atoms with E-state index < -0.39 is 33.4 Å². The molecule has 3 rings (SSSR count). The van der Waals surface area contributed by atoms with Gasteiger partial charge in [-0.1, -0.05) is 6.07 Å². The molecule has 158 valence electrons. The van der Waals surface area contributed by atoms with E-state index in [1.165, 1.54) is 25.3 Å². The molecule has 0 aliphatic carbocycles. The second kappa shape index (κ2) is 7.85. The van der Waals surface area contributed by atoms with Gasteiger partial charge in [0.25, 0.3) is 5.91 Å². The van der Waals surface area contributed by atoms with Crippen LogP contribution in [0.2, 0.25) is 0 Å². The van der Waals surface area contributed by atoms with Crippen molar-refractivity contribution in [2.45, 2.75) is 11.1 Å². The van der Waals surface area contributed by atoms with Crippen LogP contribution in [0.3, 0.4) is 0 Å². The van der Waals surface area contributed by atoms with Crippen LogP contribution in [0.4, 0.5) is 18.9 Å². The maximum absolute atomic E-state index is 13.5. The Morgan fingerprint density at radius 1 is 1.17 bits per heavy atom. The van der Waals surface area contributed by atoms with Crippen molar-refractivity contribution < 1.29 is 31.1 Å². The van der Waals surface area contributed by atoms with E-state index in [0.29, 0.717) is 20.8 Å². The van der Waals surface area contributed by atoms with Crippen molar-refractivity contribution >= 4 is 49.3 Å². The topological polar surface area (TPSA) is 102 Å². The van der Waals surface area contributed by atoms with Crippen molar-refractivity contribution in [3.8, 4) is 5.75 Å². The van der Waals surface area contributed by atoms with Crippen LogP contribution in [0, 0.1) is 0 Å². The van der Waals surface area contributed by atoms with Gasteiger partial charge in [0.1, 0.15) is 5.75 Å². The highest BCUT2D eigenvalue weighted by molar-refractivity contribution is 9.10. The minimum atomic E-state index is -4.89. The van der Waals surface area contributed by atoms with Crippen LogP contribution in [-0.2, 0) is 14.8 Å². The molecule has 1 heterocycles. The first-order valence-corrected chi connectivity index (χ1v) is 10.4. The molecule has 0 saturated carbocycles. The SMILES string of the molecule is COc1ccc(/C=C2/C(=O)N(c3ccc(S(N)(=O)=O)cc3)N=C2C(F)(F)F)cc1Br. The number of nitrogens with zero attached hydrogens (tertiary/aromatic N) is 2. The van der Waals surface area contributed by atoms with Gasteiger partial charge in [-0.25, -0.2) is 13.6 Å². The third-order valence-corrected chi connectivity index (χ3v) is 5.59. The molecule has 2 aromatic carbocycles. The molecule has 12 heteroatoms. The summed E-state index contributed by atoms with van der Waals surface area (Å²) < 4.78 is 68.8. The van der Waals surface area contributed by atoms with Gasteiger partial charge >= 0.3 is 6.18 Å². The first-order chi connectivity index (χ1) is 13.9. The monoisotopic (exact) mass is 503 g/mol. The van der Waals surface area contributed by atoms with E-state index in [2.05, 4.69) is 21.0 Å². The van der Waals surface area contributed by atoms with Crippen LogP contribution in [0.5, 0.6) is 5.75 Å². The molecule has 0 atom stereocenters. The normalized spacial score (nSPS) is 16.2. The molecule has 7 nitrogen and oxygen atoms in total. The van der Waals surface area contributed by atoms with Gasteiger partial charge in [-0.3, -0.25) is 4.79 Å². The summed E-state index contributed by atoms with van der Waals surface area (Å²) in [7, 11) is -2.56. The summed E-state index contributed by atoms with van der Waals surface area (Å²) in [6.07, 6.45) is -3.82. The molecular formula is C18H13BrF3N3O4S. The standard InChI is InChI=1S/C18H13BrF3N3O4S/c1-29-15-7-2-10(9-14(15)19)8-13-16(18(20,21)22)24-25(17(13)26)11-3-5-12(6-4-11)30(23,27)28/h2-9H,1H3,(H2,23,27,28)/b13-8+. The number of sulfonamides is 1. The number of primary sulfonamides is 1. The van der Waals surface area contributed by atoms with Crippen LogP contribution in [0.25, 0.3) is 6.08 Å². The first kappa shape index (κ1) is 22.0. The zero-order valence-electron chi connectivity index (χ0n) is 15.1. The van der Waals surface area contributed by atoms with Gasteiger partial charge in [0.15, 0.2) is 5.71 Å². The van der Waals surface area contributed by atoms with E-state index in [1.54, 1.807) is 0 Å². The number of methoxy groups -OCH3 is 1. The fourth-order valence-electron chi connectivity index (χ4n) is 2.65. The molecule has 0 radical (unpaired) electrons. The lowest BCUT2D eigenvalue weighted by Crippen LogP contribution is -2.25. The minimum absolute atomic E-state index is 0.0477. The van der Waals surface area contributed by atoms with Gasteiger partial charge in [-0.2, -0.15) is 23.3 Å². The Kier molecular flexibility index (Phi) is 5.76. The minimum Gasteiger partial charge on any atom is -0.496 e. The predicted molar refractivity (Wildman–Crippen MR) is 107 cm³/mol. The second-order valence-electron chi connectivity index (χ2n) is 6.05. The Hall–Kier alpha value is -2.70. The highest BCUT2D eigenvalue weighted by atomic mass is 79.9. The summed E-state index contributed by atoms with van der Waals surface area (Å²) in [4.78, 5) is 12.5. The largest absolute Gasteiger partial charge is 0.496 e. The molecule has 30 heavy (non-hydrogen) atoms. The van der Waals surface area contributed by atoms with E-state index in [1.807, 2.05) is 0 Å². The van der Waals surface area contributed by atoms with E-state index in [0.717, 1.165) is 30.3 Å². The van der Waals surface area contributed by atoms with Gasteiger partial charge in [-0.05, 0) is 64.0 Å². The first-order valence-electron chi connectivity index (χ1n) is 8.10. The van der Waals surface area contributed by atoms with E-state index in [4.69, 9.17) is 9.88 Å². The van der Waals surface area contributed by atoms with Crippen LogP contribution in [0.1, 0.15) is 5.56 Å². The van der Waals surface area contributed by atoms with E-state index >= 15 is 0 Å². The zero-order chi connectivity index (χ0) is 22.3. The average molecular weight is 504 g/mol. The molecule has 0 saturated heterocycles. The molecule has 2 N–H and O–H groups in total. The number of hydrazone groups is 1. The number of carbonyl (C=O) groups is 1. The summed E-state index contributed by atoms with van der Waals surface area (Å²) in [5, 5.41) is 8.98. The molecule has 0 fully saturated rings. The Labute approximate surface area is 177 Å². The maximum atomic E-state index is 13.5. The molecule has 1 aliphatic heterocycles. The Morgan fingerprint density at radius 2 is 1.80 bits per heavy atom. The summed E-state index contributed by atoms with van der Waals surface area (Å²) in [5.74, 6) is -0.547. The number of carbonyl (C=O) groups excluding carboxylic acids is 1. The molecule has 0 bridgehead atoms. The van der Waals surface area contributed by atoms with Gasteiger partial charge in [-0.15, -0.1) is 0 Å². The third kappa shape index (κ3) is 4.40. The molecule has 1 amide bonds. The van der Waals surface area contributed by atoms with Gasteiger partial charge in [0.2, 0.25) is 10.0 Å². The fourth-order valence-corrected chi connectivity index (χ4v) is 3.72. The van der Waals surface area contributed by atoms with Crippen LogP contribution in [0.15, 0.2) is 62.5 Å². The number of nitrogens with two attached hydrogens (primary N) is 1. The number of ether oxygens (including phenoxy) is 1. The quantitative estimate of drug-likeness (QED) is 0.645. The van der Waals surface area contributed by atoms with Crippen molar-refractivity contribution in [2.24, 2.45) is 10.2 Å². The highest BCUT2D eigenvalue weighted by Crippen LogP contribution is 2.34. The van der Waals surface area contributed by atoms with Crippen LogP contribution >= 0.6 is 15.9 Å². The summed E-state index contributed by atoms with van der Waals surface area (Å²) in [6.45, 7) is 0. The molecular weight excluding hydrogens is 491 g/mol. The number of amides is 1.